The van der Waals surface area contributed by atoms with Crippen molar-refractivity contribution in [3.63, 3.8) is 0 Å². The van der Waals surface area contributed by atoms with E-state index in [9.17, 15) is 19.2 Å². The minimum atomic E-state index is -0.935. The Balaban J connectivity index is 0.000000147. The Bertz CT molecular complexity index is 2940. The summed E-state index contributed by atoms with van der Waals surface area (Å²) < 4.78 is 24.0. The van der Waals surface area contributed by atoms with Gasteiger partial charge in [0.15, 0.2) is 17.3 Å². The van der Waals surface area contributed by atoms with Crippen molar-refractivity contribution in [3.8, 4) is 0 Å². The summed E-state index contributed by atoms with van der Waals surface area (Å²) in [4.78, 5) is 47.8. The molecule has 6 aromatic rings. The molecule has 0 atom stereocenters. The summed E-state index contributed by atoms with van der Waals surface area (Å²) in [6.45, 7) is 16.0. The van der Waals surface area contributed by atoms with Gasteiger partial charge in [0.2, 0.25) is 0 Å². The van der Waals surface area contributed by atoms with E-state index in [1.165, 1.54) is 0 Å². The molecule has 2 aliphatic carbocycles. The van der Waals surface area contributed by atoms with Crippen molar-refractivity contribution in [2.24, 2.45) is 0 Å². The smallest absolute Gasteiger partial charge is 0.478 e. The van der Waals surface area contributed by atoms with Crippen LogP contribution in [-0.2, 0) is 25.0 Å². The number of carbonyl (C=O) groups is 4. The molecule has 3 N–H and O–H groups in total. The fraction of sp³-hybridized carbons (Fsp3) is 0.245. The molecule has 2 aliphatic heterocycles. The van der Waals surface area contributed by atoms with E-state index in [-0.39, 0.29) is 40.5 Å². The molecule has 0 spiro atoms. The number of rotatable bonds is 6. The number of nitrogen functional groups attached to an aromatic ring is 1. The second-order valence-corrected chi connectivity index (χ2v) is 18.7. The molecule has 0 aromatic heterocycles. The molecule has 328 valence electrons. The number of aromatic carboxylic acids is 1. The molecule has 6 aromatic carbocycles. The summed E-state index contributed by atoms with van der Waals surface area (Å²) in [5.41, 5.74) is 12.1. The molecule has 0 radical (unpaired) electrons. The number of carbonyl (C=O) groups excluding carboxylic acids is 3. The molecule has 0 saturated carbocycles. The Morgan fingerprint density at radius 3 is 1.40 bits per heavy atom. The summed E-state index contributed by atoms with van der Waals surface area (Å²) in [5.74, 6) is -0.845. The first kappa shape index (κ1) is 45.1. The lowest BCUT2D eigenvalue weighted by Crippen LogP contribution is -2.41. The van der Waals surface area contributed by atoms with Crippen LogP contribution in [0.25, 0.3) is 33.7 Å². The molecule has 10 rings (SSSR count). The summed E-state index contributed by atoms with van der Waals surface area (Å²) >= 11 is 0. The quantitative estimate of drug-likeness (QED) is 0.0943. The molecular formula is C53H51B2NO9. The molecular weight excluding hydrogens is 816 g/mol. The minimum Gasteiger partial charge on any atom is -0.478 e. The van der Waals surface area contributed by atoms with Gasteiger partial charge in [-0.05, 0) is 119 Å². The van der Waals surface area contributed by atoms with Gasteiger partial charge in [0.05, 0.1) is 28.0 Å². The van der Waals surface area contributed by atoms with Crippen molar-refractivity contribution in [1.82, 2.24) is 0 Å². The SMILES string of the molecule is CC1(C)OB(c2ccc(C(=O)Cc3ccc4c5c(cccc35)C(=O)C=C4)cc2)OC1(C)C.CC1(C)OB(c2ccc(C(=O)O)cc2)OC1(C)C.Nc1ccc2c3c(cccc13)C(=O)C=C2. The third kappa shape index (κ3) is 8.62. The van der Waals surface area contributed by atoms with Crippen LogP contribution in [0.15, 0.2) is 121 Å². The molecule has 65 heavy (non-hydrogen) atoms. The number of Topliss-reactive ketones (excluding diaryl/α,β-unsaturated/α-hetero) is 1. The molecule has 0 unspecified atom stereocenters. The van der Waals surface area contributed by atoms with E-state index in [0.29, 0.717) is 11.1 Å². The average Bonchev–Trinajstić information content (AvgIpc) is 3.64. The van der Waals surface area contributed by atoms with Crippen LogP contribution in [0.5, 0.6) is 0 Å². The fourth-order valence-corrected chi connectivity index (χ4v) is 8.15. The van der Waals surface area contributed by atoms with Gasteiger partial charge in [-0.15, -0.1) is 0 Å². The van der Waals surface area contributed by atoms with Gasteiger partial charge in [-0.1, -0.05) is 103 Å². The van der Waals surface area contributed by atoms with Gasteiger partial charge in [-0.3, -0.25) is 14.4 Å². The standard InChI is InChI=1S/C27H25BO4.C13H17BO4.C13H9NO/c1-26(2)27(3,4)32-28(31-26)20-13-10-17(11-14-20)24(30)16-19-9-8-18-12-15-23(29)22-7-5-6-21(19)25(18)22;1-12(2)13(3,4)18-14(17-12)10-7-5-9(6-8-10)11(15)16;14-11-6-4-8-5-7-12(15)10-3-1-2-9(11)13(8)10/h5-15H,16H2,1-4H3;5-8H,1-4H3,(H,15,16);1-7H,14H2. The molecule has 10 nitrogen and oxygen atoms in total. The molecule has 2 heterocycles. The van der Waals surface area contributed by atoms with Crippen LogP contribution in [0.1, 0.15) is 114 Å². The Labute approximate surface area is 379 Å². The predicted molar refractivity (Wildman–Crippen MR) is 258 cm³/mol. The highest BCUT2D eigenvalue weighted by atomic mass is 16.7. The van der Waals surface area contributed by atoms with Crippen LogP contribution < -0.4 is 16.7 Å². The maximum atomic E-state index is 13.1. The first-order valence-electron chi connectivity index (χ1n) is 21.6. The summed E-state index contributed by atoms with van der Waals surface area (Å²) in [7, 11) is -0.895. The van der Waals surface area contributed by atoms with Gasteiger partial charge >= 0.3 is 20.2 Å². The largest absolute Gasteiger partial charge is 0.494 e. The van der Waals surface area contributed by atoms with Crippen LogP contribution >= 0.6 is 0 Å². The lowest BCUT2D eigenvalue weighted by atomic mass is 9.78. The lowest BCUT2D eigenvalue weighted by Gasteiger charge is -2.32. The molecule has 2 saturated heterocycles. The number of hydrogen-bond acceptors (Lipinski definition) is 9. The molecule has 4 aliphatic rings. The summed E-state index contributed by atoms with van der Waals surface area (Å²) in [6, 6.07) is 33.2. The zero-order valence-electron chi connectivity index (χ0n) is 37.9. The van der Waals surface area contributed by atoms with Gasteiger partial charge in [-0.25, -0.2) is 4.79 Å². The minimum absolute atomic E-state index is 0.00451. The molecule has 0 amide bonds. The van der Waals surface area contributed by atoms with E-state index in [4.69, 9.17) is 29.5 Å². The van der Waals surface area contributed by atoms with E-state index in [2.05, 4.69) is 0 Å². The second kappa shape index (κ2) is 16.8. The van der Waals surface area contributed by atoms with Crippen molar-refractivity contribution in [2.45, 2.75) is 84.2 Å². The van der Waals surface area contributed by atoms with E-state index in [0.717, 1.165) is 60.4 Å². The average molecular weight is 868 g/mol. The number of allylic oxidation sites excluding steroid dienone is 2. The highest BCUT2D eigenvalue weighted by Crippen LogP contribution is 2.38. The zero-order chi connectivity index (χ0) is 46.6. The number of benzene rings is 6. The van der Waals surface area contributed by atoms with Gasteiger partial charge in [0.1, 0.15) is 0 Å². The predicted octanol–water partition coefficient (Wildman–Crippen LogP) is 9.09. The van der Waals surface area contributed by atoms with E-state index in [1.807, 2.05) is 152 Å². The van der Waals surface area contributed by atoms with E-state index < -0.39 is 31.4 Å². The number of hydrogen-bond donors (Lipinski definition) is 2. The fourth-order valence-electron chi connectivity index (χ4n) is 8.15. The Morgan fingerprint density at radius 2 is 0.938 bits per heavy atom. The maximum absolute atomic E-state index is 13.1. The van der Waals surface area contributed by atoms with Crippen LogP contribution in [0, 0.1) is 0 Å². The summed E-state index contributed by atoms with van der Waals surface area (Å²) in [6.07, 6.45) is 7.17. The van der Waals surface area contributed by atoms with Gasteiger partial charge < -0.3 is 29.5 Å². The number of anilines is 1. The van der Waals surface area contributed by atoms with Crippen molar-refractivity contribution >= 4 is 87.9 Å². The molecule has 0 bridgehead atoms. The third-order valence-electron chi connectivity index (χ3n) is 13.4. The molecule has 12 heteroatoms. The normalized spacial score (nSPS) is 18.0. The monoisotopic (exact) mass is 867 g/mol. The van der Waals surface area contributed by atoms with Gasteiger partial charge in [0, 0.05) is 45.0 Å². The van der Waals surface area contributed by atoms with Crippen molar-refractivity contribution in [2.75, 3.05) is 5.73 Å². The topological polar surface area (TPSA) is 151 Å². The zero-order valence-corrected chi connectivity index (χ0v) is 37.9. The number of carboxylic acid groups (broad SMARTS) is 1. The molecule has 2 fully saturated rings. The van der Waals surface area contributed by atoms with Crippen molar-refractivity contribution < 1.29 is 42.9 Å². The maximum Gasteiger partial charge on any atom is 0.494 e. The second-order valence-electron chi connectivity index (χ2n) is 18.7. The number of carboxylic acids is 1. The van der Waals surface area contributed by atoms with Crippen LogP contribution in [0.4, 0.5) is 5.69 Å². The van der Waals surface area contributed by atoms with E-state index >= 15 is 0 Å². The third-order valence-corrected chi connectivity index (χ3v) is 13.4. The summed E-state index contributed by atoms with van der Waals surface area (Å²) in [5, 5.41) is 12.7. The van der Waals surface area contributed by atoms with Crippen molar-refractivity contribution in [1.29, 1.82) is 0 Å². The lowest BCUT2D eigenvalue weighted by molar-refractivity contribution is 0.00578. The van der Waals surface area contributed by atoms with Crippen LogP contribution in [-0.4, -0.2) is 65.1 Å². The Morgan fingerprint density at radius 1 is 0.523 bits per heavy atom. The van der Waals surface area contributed by atoms with Gasteiger partial charge in [-0.2, -0.15) is 0 Å². The van der Waals surface area contributed by atoms with E-state index in [1.54, 1.807) is 36.4 Å². The number of ketones is 3. The Kier molecular flexibility index (Phi) is 11.7. The highest BCUT2D eigenvalue weighted by molar-refractivity contribution is 6.62. The van der Waals surface area contributed by atoms with Crippen LogP contribution in [0.2, 0.25) is 0 Å². The van der Waals surface area contributed by atoms with Crippen molar-refractivity contribution in [3.05, 3.63) is 160 Å². The Hall–Kier alpha value is -6.43. The van der Waals surface area contributed by atoms with Gasteiger partial charge in [0.25, 0.3) is 0 Å². The number of nitrogens with two attached hydrogens (primary N) is 1. The highest BCUT2D eigenvalue weighted by Gasteiger charge is 2.52. The van der Waals surface area contributed by atoms with Crippen LogP contribution in [0.3, 0.4) is 0 Å². The first-order chi connectivity index (χ1) is 30.7. The first-order valence-corrected chi connectivity index (χ1v) is 21.6.